The van der Waals surface area contributed by atoms with Crippen LogP contribution in [0, 0.1) is 28.6 Å². The maximum absolute atomic E-state index is 13.2. The van der Waals surface area contributed by atoms with Crippen molar-refractivity contribution in [3.63, 3.8) is 0 Å². The van der Waals surface area contributed by atoms with E-state index in [0.29, 0.717) is 19.3 Å². The fourth-order valence-electron chi connectivity index (χ4n) is 7.26. The molecule has 0 aromatic carbocycles. The highest BCUT2D eigenvalue weighted by atomic mass is 19.1. The largest absolute Gasteiger partial charge is 0.393 e. The maximum Gasteiger partial charge on any atom is 0.195 e. The Morgan fingerprint density at radius 2 is 2.00 bits per heavy atom. The molecule has 0 aliphatic heterocycles. The van der Waals surface area contributed by atoms with Gasteiger partial charge in [0.25, 0.3) is 0 Å². The zero-order valence-corrected chi connectivity index (χ0v) is 15.6. The van der Waals surface area contributed by atoms with Gasteiger partial charge in [-0.2, -0.15) is 0 Å². The SMILES string of the molecule is C[C@]12CCC(=O)C=C1CC[C@@H]1[C@@H]2[C@H](O)C[C@@]2(C)[C@@H]1CC[C@]2(O)C(=O)CF. The van der Waals surface area contributed by atoms with Crippen LogP contribution in [0.3, 0.4) is 0 Å². The fraction of sp³-hybridized carbons (Fsp3) is 0.810. The summed E-state index contributed by atoms with van der Waals surface area (Å²) in [7, 11) is 0. The second kappa shape index (κ2) is 5.71. The van der Waals surface area contributed by atoms with Gasteiger partial charge in [-0.3, -0.25) is 9.59 Å². The number of aliphatic hydroxyl groups is 2. The number of alkyl halides is 1. The predicted octanol–water partition coefficient (Wildman–Crippen LogP) is 2.76. The van der Waals surface area contributed by atoms with Crippen molar-refractivity contribution in [1.82, 2.24) is 0 Å². The highest BCUT2D eigenvalue weighted by Gasteiger charge is 2.68. The summed E-state index contributed by atoms with van der Waals surface area (Å²) in [5, 5.41) is 22.2. The Morgan fingerprint density at radius 3 is 2.69 bits per heavy atom. The lowest BCUT2D eigenvalue weighted by molar-refractivity contribution is -0.181. The van der Waals surface area contributed by atoms with Gasteiger partial charge < -0.3 is 10.2 Å². The third-order valence-electron chi connectivity index (χ3n) is 8.63. The molecule has 0 bridgehead atoms. The summed E-state index contributed by atoms with van der Waals surface area (Å²) in [5.74, 6) is -0.224. The molecule has 0 unspecified atom stereocenters. The molecule has 3 fully saturated rings. The predicted molar refractivity (Wildman–Crippen MR) is 94.0 cm³/mol. The van der Waals surface area contributed by atoms with Crippen LogP contribution in [0.15, 0.2) is 11.6 Å². The number of aliphatic hydroxyl groups excluding tert-OH is 1. The molecule has 0 aromatic heterocycles. The van der Waals surface area contributed by atoms with Crippen LogP contribution in [-0.2, 0) is 9.59 Å². The number of ketones is 2. The Morgan fingerprint density at radius 1 is 1.27 bits per heavy atom. The molecule has 0 saturated heterocycles. The molecule has 0 radical (unpaired) electrons. The summed E-state index contributed by atoms with van der Waals surface area (Å²) < 4.78 is 13.2. The average molecular weight is 364 g/mol. The van der Waals surface area contributed by atoms with Gasteiger partial charge in [-0.1, -0.05) is 19.4 Å². The molecule has 4 aliphatic rings. The molecule has 0 amide bonds. The third-order valence-corrected chi connectivity index (χ3v) is 8.63. The minimum atomic E-state index is -1.67. The van der Waals surface area contributed by atoms with Crippen molar-refractivity contribution in [1.29, 1.82) is 0 Å². The zero-order valence-electron chi connectivity index (χ0n) is 15.6. The van der Waals surface area contributed by atoms with E-state index in [-0.39, 0.29) is 35.4 Å². The van der Waals surface area contributed by atoms with Crippen molar-refractivity contribution in [2.45, 2.75) is 70.5 Å². The topological polar surface area (TPSA) is 74.6 Å². The Bertz CT molecular complexity index is 687. The molecule has 0 aromatic rings. The fourth-order valence-corrected chi connectivity index (χ4v) is 7.26. The molecule has 7 atom stereocenters. The van der Waals surface area contributed by atoms with Crippen molar-refractivity contribution in [2.75, 3.05) is 6.67 Å². The van der Waals surface area contributed by atoms with Crippen LogP contribution in [0.2, 0.25) is 0 Å². The Labute approximate surface area is 153 Å². The smallest absolute Gasteiger partial charge is 0.195 e. The molecule has 0 spiro atoms. The molecule has 2 N–H and O–H groups in total. The summed E-state index contributed by atoms with van der Waals surface area (Å²) in [5.41, 5.74) is -1.48. The van der Waals surface area contributed by atoms with E-state index < -0.39 is 29.6 Å². The molecule has 5 heteroatoms. The number of carbonyl (C=O) groups is 2. The molecule has 4 rings (SSSR count). The van der Waals surface area contributed by atoms with E-state index in [1.54, 1.807) is 6.08 Å². The molecular formula is C21H29FO4. The maximum atomic E-state index is 13.2. The van der Waals surface area contributed by atoms with Gasteiger partial charge in [-0.05, 0) is 67.8 Å². The van der Waals surface area contributed by atoms with Crippen molar-refractivity contribution >= 4 is 11.6 Å². The Hall–Kier alpha value is -1.07. The molecule has 4 nitrogen and oxygen atoms in total. The standard InChI is InChI=1S/C21H29FO4/c1-19-7-5-13(23)9-12(19)3-4-14-15-6-8-21(26,17(25)11-22)20(15,2)10-16(24)18(14)19/h9,14-16,18,24,26H,3-8,10-11H2,1-2H3/t14-,15+,16+,18+,19-,20-,21-/m0/s1. The summed E-state index contributed by atoms with van der Waals surface area (Å²) in [6.07, 6.45) is 5.39. The summed E-state index contributed by atoms with van der Waals surface area (Å²) in [6.45, 7) is 2.88. The molecule has 4 aliphatic carbocycles. The number of hydrogen-bond donors (Lipinski definition) is 2. The van der Waals surface area contributed by atoms with Crippen LogP contribution >= 0.6 is 0 Å². The summed E-state index contributed by atoms with van der Waals surface area (Å²) >= 11 is 0. The van der Waals surface area contributed by atoms with E-state index >= 15 is 0 Å². The third kappa shape index (κ3) is 2.13. The van der Waals surface area contributed by atoms with E-state index in [4.69, 9.17) is 0 Å². The van der Waals surface area contributed by atoms with E-state index in [9.17, 15) is 24.2 Å². The average Bonchev–Trinajstić information content (AvgIpc) is 2.86. The van der Waals surface area contributed by atoms with Gasteiger partial charge >= 0.3 is 0 Å². The van der Waals surface area contributed by atoms with E-state index in [1.807, 2.05) is 6.92 Å². The second-order valence-electron chi connectivity index (χ2n) is 9.53. The second-order valence-corrected chi connectivity index (χ2v) is 9.53. The molecule has 0 heterocycles. The van der Waals surface area contributed by atoms with Gasteiger partial charge in [-0.25, -0.2) is 4.39 Å². The number of Topliss-reactive ketones (excluding diaryl/α,β-unsaturated/α-hetero) is 1. The highest BCUT2D eigenvalue weighted by Crippen LogP contribution is 2.67. The monoisotopic (exact) mass is 364 g/mol. The summed E-state index contributed by atoms with van der Waals surface area (Å²) in [6, 6.07) is 0. The number of fused-ring (bicyclic) bond motifs is 5. The normalized spacial score (nSPS) is 50.5. The number of hydrogen-bond acceptors (Lipinski definition) is 4. The van der Waals surface area contributed by atoms with E-state index in [2.05, 4.69) is 6.92 Å². The van der Waals surface area contributed by atoms with Crippen LogP contribution in [0.1, 0.15) is 58.8 Å². The first kappa shape index (κ1) is 18.3. The number of halogens is 1. The quantitative estimate of drug-likeness (QED) is 0.790. The van der Waals surface area contributed by atoms with Crippen LogP contribution in [0.4, 0.5) is 4.39 Å². The lowest BCUT2D eigenvalue weighted by Gasteiger charge is -2.60. The first-order chi connectivity index (χ1) is 12.2. The van der Waals surface area contributed by atoms with Gasteiger partial charge in [-0.15, -0.1) is 0 Å². The van der Waals surface area contributed by atoms with E-state index in [0.717, 1.165) is 24.8 Å². The number of rotatable bonds is 2. The zero-order chi connectivity index (χ0) is 18.9. The number of carbonyl (C=O) groups excluding carboxylic acids is 2. The van der Waals surface area contributed by atoms with Crippen LogP contribution in [0.25, 0.3) is 0 Å². The lowest BCUT2D eigenvalue weighted by Crippen LogP contribution is -2.61. The highest BCUT2D eigenvalue weighted by molar-refractivity contribution is 5.91. The first-order valence-electron chi connectivity index (χ1n) is 9.91. The molecular weight excluding hydrogens is 335 g/mol. The van der Waals surface area contributed by atoms with E-state index in [1.165, 1.54) is 0 Å². The van der Waals surface area contributed by atoms with Gasteiger partial charge in [0, 0.05) is 11.8 Å². The van der Waals surface area contributed by atoms with Crippen LogP contribution < -0.4 is 0 Å². The van der Waals surface area contributed by atoms with Crippen LogP contribution in [0.5, 0.6) is 0 Å². The van der Waals surface area contributed by atoms with Crippen LogP contribution in [-0.4, -0.2) is 40.2 Å². The molecule has 3 saturated carbocycles. The number of allylic oxidation sites excluding steroid dienone is 1. The molecule has 144 valence electrons. The Kier molecular flexibility index (Phi) is 4.02. The first-order valence-corrected chi connectivity index (χ1v) is 9.91. The van der Waals surface area contributed by atoms with Gasteiger partial charge in [0.15, 0.2) is 18.2 Å². The van der Waals surface area contributed by atoms with Crippen molar-refractivity contribution < 1.29 is 24.2 Å². The molecule has 26 heavy (non-hydrogen) atoms. The van der Waals surface area contributed by atoms with Gasteiger partial charge in [0.1, 0.15) is 5.60 Å². The summed E-state index contributed by atoms with van der Waals surface area (Å²) in [4.78, 5) is 24.1. The van der Waals surface area contributed by atoms with Crippen molar-refractivity contribution in [3.05, 3.63) is 11.6 Å². The minimum Gasteiger partial charge on any atom is -0.393 e. The Balaban J connectivity index is 1.74. The van der Waals surface area contributed by atoms with Crippen molar-refractivity contribution in [2.24, 2.45) is 28.6 Å². The van der Waals surface area contributed by atoms with Crippen molar-refractivity contribution in [3.8, 4) is 0 Å². The van der Waals surface area contributed by atoms with Gasteiger partial charge in [0.2, 0.25) is 0 Å². The lowest BCUT2D eigenvalue weighted by atomic mass is 9.45. The minimum absolute atomic E-state index is 0.0384. The van der Waals surface area contributed by atoms with Gasteiger partial charge in [0.05, 0.1) is 6.10 Å².